The number of rotatable bonds is 5. The average Bonchev–Trinajstić information content (AvgIpc) is 3.14. The zero-order valence-corrected chi connectivity index (χ0v) is 14.4. The molecule has 2 aromatic rings. The molecule has 1 aromatic carbocycles. The summed E-state index contributed by atoms with van der Waals surface area (Å²) in [6.07, 6.45) is 1.77. The lowest BCUT2D eigenvalue weighted by Gasteiger charge is -2.26. The highest BCUT2D eigenvalue weighted by Gasteiger charge is 2.39. The molecule has 2 heterocycles. The van der Waals surface area contributed by atoms with Crippen molar-refractivity contribution in [2.75, 3.05) is 13.2 Å². The first-order valence-corrected chi connectivity index (χ1v) is 8.21. The van der Waals surface area contributed by atoms with E-state index in [-0.39, 0.29) is 18.9 Å². The van der Waals surface area contributed by atoms with Crippen LogP contribution in [0.4, 0.5) is 0 Å². The SMILES string of the molecule is Cc1c(C(=O)NC2(CC(=O)O)CCOC2)cnn1-c1ccc(Cl)cc1. The molecular formula is C17H18ClN3O4. The number of amides is 1. The highest BCUT2D eigenvalue weighted by atomic mass is 35.5. The van der Waals surface area contributed by atoms with Crippen molar-refractivity contribution in [3.63, 3.8) is 0 Å². The van der Waals surface area contributed by atoms with Gasteiger partial charge in [0.05, 0.1) is 41.7 Å². The molecule has 0 saturated carbocycles. The maximum atomic E-state index is 12.7. The number of aromatic nitrogens is 2. The van der Waals surface area contributed by atoms with Crippen molar-refractivity contribution in [1.29, 1.82) is 0 Å². The van der Waals surface area contributed by atoms with E-state index in [2.05, 4.69) is 10.4 Å². The van der Waals surface area contributed by atoms with E-state index in [9.17, 15) is 9.59 Å². The van der Waals surface area contributed by atoms with Crippen LogP contribution in [0.1, 0.15) is 28.9 Å². The van der Waals surface area contributed by atoms with Crippen LogP contribution in [-0.2, 0) is 9.53 Å². The molecule has 1 aromatic heterocycles. The topological polar surface area (TPSA) is 93.5 Å². The molecule has 1 atom stereocenters. The van der Waals surface area contributed by atoms with Gasteiger partial charge in [-0.2, -0.15) is 5.10 Å². The fourth-order valence-corrected chi connectivity index (χ4v) is 3.09. The number of halogens is 1. The fourth-order valence-electron chi connectivity index (χ4n) is 2.96. The van der Waals surface area contributed by atoms with Gasteiger partial charge in [-0.05, 0) is 37.6 Å². The largest absolute Gasteiger partial charge is 0.481 e. The second-order valence-corrected chi connectivity index (χ2v) is 6.58. The first-order chi connectivity index (χ1) is 11.9. The van der Waals surface area contributed by atoms with E-state index in [4.69, 9.17) is 21.4 Å². The van der Waals surface area contributed by atoms with Crippen LogP contribution in [-0.4, -0.2) is 45.5 Å². The monoisotopic (exact) mass is 363 g/mol. The average molecular weight is 364 g/mol. The van der Waals surface area contributed by atoms with E-state index in [0.29, 0.717) is 29.3 Å². The summed E-state index contributed by atoms with van der Waals surface area (Å²) in [6, 6.07) is 7.10. The first-order valence-electron chi connectivity index (χ1n) is 7.83. The molecule has 1 aliphatic heterocycles. The van der Waals surface area contributed by atoms with Crippen molar-refractivity contribution >= 4 is 23.5 Å². The molecule has 0 bridgehead atoms. The molecule has 1 fully saturated rings. The summed E-state index contributed by atoms with van der Waals surface area (Å²) in [5.74, 6) is -1.33. The summed E-state index contributed by atoms with van der Waals surface area (Å²) in [7, 11) is 0. The van der Waals surface area contributed by atoms with Crippen molar-refractivity contribution in [1.82, 2.24) is 15.1 Å². The van der Waals surface area contributed by atoms with Gasteiger partial charge in [0.2, 0.25) is 0 Å². The molecule has 0 aliphatic carbocycles. The van der Waals surface area contributed by atoms with Crippen LogP contribution in [0.15, 0.2) is 30.5 Å². The molecule has 0 spiro atoms. The Bertz CT molecular complexity index is 795. The van der Waals surface area contributed by atoms with Gasteiger partial charge < -0.3 is 15.2 Å². The van der Waals surface area contributed by atoms with E-state index >= 15 is 0 Å². The maximum absolute atomic E-state index is 12.7. The summed E-state index contributed by atoms with van der Waals surface area (Å²) in [5.41, 5.74) is 0.957. The lowest BCUT2D eigenvalue weighted by atomic mass is 9.94. The summed E-state index contributed by atoms with van der Waals surface area (Å²) in [6.45, 7) is 2.40. The molecule has 7 nitrogen and oxygen atoms in total. The number of carbonyl (C=O) groups excluding carboxylic acids is 1. The Balaban J connectivity index is 1.83. The highest BCUT2D eigenvalue weighted by molar-refractivity contribution is 6.30. The third kappa shape index (κ3) is 3.67. The minimum atomic E-state index is -0.973. The molecule has 25 heavy (non-hydrogen) atoms. The van der Waals surface area contributed by atoms with Crippen LogP contribution >= 0.6 is 11.6 Å². The summed E-state index contributed by atoms with van der Waals surface area (Å²) < 4.78 is 6.94. The standard InChI is InChI=1S/C17H18ClN3O4/c1-11-14(9-19-21(11)13-4-2-12(18)3-5-13)16(24)20-17(8-15(22)23)6-7-25-10-17/h2-5,9H,6-8,10H2,1H3,(H,20,24)(H,22,23). The Morgan fingerprint density at radius 3 is 2.72 bits per heavy atom. The van der Waals surface area contributed by atoms with Crippen LogP contribution in [0, 0.1) is 6.92 Å². The van der Waals surface area contributed by atoms with Gasteiger partial charge in [0, 0.05) is 11.6 Å². The van der Waals surface area contributed by atoms with Gasteiger partial charge in [-0.3, -0.25) is 9.59 Å². The summed E-state index contributed by atoms with van der Waals surface area (Å²) >= 11 is 5.89. The number of carboxylic acids is 1. The molecule has 3 rings (SSSR count). The predicted octanol–water partition coefficient (Wildman–Crippen LogP) is 2.20. The first kappa shape index (κ1) is 17.4. The Kier molecular flexibility index (Phi) is 4.78. The molecule has 1 aliphatic rings. The van der Waals surface area contributed by atoms with Gasteiger partial charge in [-0.1, -0.05) is 11.6 Å². The van der Waals surface area contributed by atoms with Crippen molar-refractivity contribution in [3.05, 3.63) is 46.7 Å². The van der Waals surface area contributed by atoms with Crippen molar-refractivity contribution in [2.24, 2.45) is 0 Å². The third-order valence-corrected chi connectivity index (χ3v) is 4.55. The predicted molar refractivity (Wildman–Crippen MR) is 91.2 cm³/mol. The van der Waals surface area contributed by atoms with E-state index in [1.807, 2.05) is 0 Å². The molecule has 8 heteroatoms. The number of hydrogen-bond acceptors (Lipinski definition) is 4. The van der Waals surface area contributed by atoms with Gasteiger partial charge >= 0.3 is 5.97 Å². The Hall–Kier alpha value is -2.38. The Labute approximate surface area is 149 Å². The zero-order chi connectivity index (χ0) is 18.0. The van der Waals surface area contributed by atoms with Gasteiger partial charge in [-0.15, -0.1) is 0 Å². The maximum Gasteiger partial charge on any atom is 0.305 e. The van der Waals surface area contributed by atoms with Crippen molar-refractivity contribution < 1.29 is 19.4 Å². The number of aliphatic carboxylic acids is 1. The van der Waals surface area contributed by atoms with E-state index in [1.54, 1.807) is 35.9 Å². The zero-order valence-electron chi connectivity index (χ0n) is 13.7. The molecule has 132 valence electrons. The number of carboxylic acid groups (broad SMARTS) is 1. The minimum absolute atomic E-state index is 0.177. The number of carbonyl (C=O) groups is 2. The molecule has 2 N–H and O–H groups in total. The lowest BCUT2D eigenvalue weighted by Crippen LogP contribution is -2.50. The number of nitrogens with one attached hydrogen (secondary N) is 1. The fraction of sp³-hybridized carbons (Fsp3) is 0.353. The minimum Gasteiger partial charge on any atom is -0.481 e. The van der Waals surface area contributed by atoms with Crippen LogP contribution in [0.25, 0.3) is 5.69 Å². The second-order valence-electron chi connectivity index (χ2n) is 6.14. The van der Waals surface area contributed by atoms with Crippen LogP contribution in [0.2, 0.25) is 5.02 Å². The lowest BCUT2D eigenvalue weighted by molar-refractivity contribution is -0.138. The quantitative estimate of drug-likeness (QED) is 0.849. The summed E-state index contributed by atoms with van der Waals surface area (Å²) in [4.78, 5) is 23.8. The highest BCUT2D eigenvalue weighted by Crippen LogP contribution is 2.24. The van der Waals surface area contributed by atoms with E-state index < -0.39 is 11.5 Å². The molecule has 1 unspecified atom stereocenters. The van der Waals surface area contributed by atoms with Crippen LogP contribution < -0.4 is 5.32 Å². The van der Waals surface area contributed by atoms with E-state index in [0.717, 1.165) is 5.69 Å². The smallest absolute Gasteiger partial charge is 0.305 e. The van der Waals surface area contributed by atoms with Gasteiger partial charge in [-0.25, -0.2) is 4.68 Å². The normalized spacial score (nSPS) is 19.8. The van der Waals surface area contributed by atoms with Crippen LogP contribution in [0.3, 0.4) is 0 Å². The Morgan fingerprint density at radius 2 is 2.12 bits per heavy atom. The second kappa shape index (κ2) is 6.85. The number of nitrogens with zero attached hydrogens (tertiary/aromatic N) is 2. The van der Waals surface area contributed by atoms with Crippen molar-refractivity contribution in [2.45, 2.75) is 25.3 Å². The Morgan fingerprint density at radius 1 is 1.40 bits per heavy atom. The van der Waals surface area contributed by atoms with E-state index in [1.165, 1.54) is 6.20 Å². The molecule has 0 radical (unpaired) electrons. The van der Waals surface area contributed by atoms with Gasteiger partial charge in [0.15, 0.2) is 0 Å². The van der Waals surface area contributed by atoms with Gasteiger partial charge in [0.25, 0.3) is 5.91 Å². The van der Waals surface area contributed by atoms with Crippen LogP contribution in [0.5, 0.6) is 0 Å². The van der Waals surface area contributed by atoms with Crippen molar-refractivity contribution in [3.8, 4) is 5.69 Å². The number of hydrogen-bond donors (Lipinski definition) is 2. The molecule has 1 saturated heterocycles. The third-order valence-electron chi connectivity index (χ3n) is 4.30. The summed E-state index contributed by atoms with van der Waals surface area (Å²) in [5, 5.41) is 16.8. The van der Waals surface area contributed by atoms with Gasteiger partial charge in [0.1, 0.15) is 0 Å². The number of ether oxygens (including phenoxy) is 1. The number of benzene rings is 1. The molecular weight excluding hydrogens is 346 g/mol. The molecule has 1 amide bonds.